The Morgan fingerprint density at radius 1 is 1.22 bits per heavy atom. The summed E-state index contributed by atoms with van der Waals surface area (Å²) in [5.74, 6) is -0.609. The highest BCUT2D eigenvalue weighted by Gasteiger charge is 2.29. The molecule has 3 N–H and O–H groups in total. The zero-order valence-corrected chi connectivity index (χ0v) is 19.9. The molecule has 0 bridgehead atoms. The van der Waals surface area contributed by atoms with Crippen LogP contribution in [-0.4, -0.2) is 26.7 Å². The Balaban J connectivity index is 1.93. The fourth-order valence-corrected chi connectivity index (χ4v) is 6.50. The standard InChI is InChI=1S/C23H26N4O3S2/c1-12(2)18(19(28)25-22(24)30)32-23-26-20-17(14-9-5-7-11-16(14)31-20)21(29)27(23)15-10-6-4-8-13(15)3/h4,6,8,10,12,18H,5,7,9,11H2,1-3H3,(H3,24,25,28,30)/t18-/m0/s1. The van der Waals surface area contributed by atoms with Gasteiger partial charge in [-0.2, -0.15) is 0 Å². The van der Waals surface area contributed by atoms with Crippen LogP contribution in [0.5, 0.6) is 0 Å². The number of thiophene rings is 1. The van der Waals surface area contributed by atoms with E-state index in [0.717, 1.165) is 42.5 Å². The number of aryl methyl sites for hydroxylation is 3. The van der Waals surface area contributed by atoms with Crippen LogP contribution in [0.3, 0.4) is 0 Å². The van der Waals surface area contributed by atoms with Crippen molar-refractivity contribution in [2.45, 2.75) is 56.9 Å². The van der Waals surface area contributed by atoms with Crippen molar-refractivity contribution >= 4 is 45.3 Å². The molecule has 1 aromatic carbocycles. The number of nitrogens with one attached hydrogen (secondary N) is 1. The molecular formula is C23H26N4O3S2. The minimum atomic E-state index is -0.896. The third-order valence-corrected chi connectivity index (χ3v) is 8.34. The lowest BCUT2D eigenvalue weighted by Crippen LogP contribution is -2.42. The fraction of sp³-hybridized carbons (Fsp3) is 0.391. The third-order valence-electron chi connectivity index (χ3n) is 5.66. The van der Waals surface area contributed by atoms with Crippen molar-refractivity contribution in [3.8, 4) is 5.69 Å². The van der Waals surface area contributed by atoms with Gasteiger partial charge < -0.3 is 5.73 Å². The first-order valence-corrected chi connectivity index (χ1v) is 12.4. The number of hydrogen-bond donors (Lipinski definition) is 2. The van der Waals surface area contributed by atoms with Gasteiger partial charge in [0.1, 0.15) is 4.83 Å². The topological polar surface area (TPSA) is 107 Å². The number of aromatic nitrogens is 2. The number of nitrogens with two attached hydrogens (primary N) is 1. The quantitative estimate of drug-likeness (QED) is 0.434. The molecule has 1 atom stereocenters. The van der Waals surface area contributed by atoms with Crippen molar-refractivity contribution in [3.05, 3.63) is 50.6 Å². The molecule has 0 spiro atoms. The van der Waals surface area contributed by atoms with Crippen LogP contribution < -0.4 is 16.6 Å². The number of nitrogens with zero attached hydrogens (tertiary/aromatic N) is 2. The first-order valence-electron chi connectivity index (χ1n) is 10.7. The van der Waals surface area contributed by atoms with Crippen molar-refractivity contribution < 1.29 is 9.59 Å². The Labute approximate surface area is 194 Å². The minimum Gasteiger partial charge on any atom is -0.351 e. The van der Waals surface area contributed by atoms with Gasteiger partial charge in [0.05, 0.1) is 16.3 Å². The van der Waals surface area contributed by atoms with Gasteiger partial charge in [-0.05, 0) is 55.7 Å². The van der Waals surface area contributed by atoms with Gasteiger partial charge in [-0.25, -0.2) is 9.78 Å². The lowest BCUT2D eigenvalue weighted by molar-refractivity contribution is -0.120. The molecule has 4 rings (SSSR count). The normalized spacial score (nSPS) is 14.4. The number of hydrogen-bond acceptors (Lipinski definition) is 6. The van der Waals surface area contributed by atoms with E-state index in [1.165, 1.54) is 16.6 Å². The average molecular weight is 471 g/mol. The second-order valence-electron chi connectivity index (χ2n) is 8.35. The summed E-state index contributed by atoms with van der Waals surface area (Å²) in [5.41, 5.74) is 7.86. The van der Waals surface area contributed by atoms with E-state index in [0.29, 0.717) is 15.4 Å². The van der Waals surface area contributed by atoms with E-state index < -0.39 is 17.2 Å². The zero-order chi connectivity index (χ0) is 23.0. The molecule has 1 aliphatic rings. The van der Waals surface area contributed by atoms with Crippen LogP contribution in [0.2, 0.25) is 0 Å². The van der Waals surface area contributed by atoms with Crippen LogP contribution in [0.4, 0.5) is 4.79 Å². The summed E-state index contributed by atoms with van der Waals surface area (Å²) in [7, 11) is 0. The highest BCUT2D eigenvalue weighted by Crippen LogP contribution is 2.36. The molecule has 0 radical (unpaired) electrons. The van der Waals surface area contributed by atoms with Crippen molar-refractivity contribution in [2.24, 2.45) is 11.7 Å². The van der Waals surface area contributed by atoms with Gasteiger partial charge in [0.2, 0.25) is 5.91 Å². The average Bonchev–Trinajstić information content (AvgIpc) is 3.10. The maximum Gasteiger partial charge on any atom is 0.318 e. The summed E-state index contributed by atoms with van der Waals surface area (Å²) in [6, 6.07) is 6.75. The molecule has 0 fully saturated rings. The summed E-state index contributed by atoms with van der Waals surface area (Å²) in [4.78, 5) is 44.7. The zero-order valence-electron chi connectivity index (χ0n) is 18.3. The lowest BCUT2D eigenvalue weighted by Gasteiger charge is -2.21. The lowest BCUT2D eigenvalue weighted by atomic mass is 9.97. The molecule has 3 amide bonds. The van der Waals surface area contributed by atoms with Crippen molar-refractivity contribution in [1.29, 1.82) is 0 Å². The monoisotopic (exact) mass is 470 g/mol. The Morgan fingerprint density at radius 3 is 2.62 bits per heavy atom. The number of thioether (sulfide) groups is 1. The Bertz CT molecular complexity index is 1260. The van der Waals surface area contributed by atoms with Crippen LogP contribution in [-0.2, 0) is 17.6 Å². The molecule has 7 nitrogen and oxygen atoms in total. The third kappa shape index (κ3) is 4.19. The van der Waals surface area contributed by atoms with Gasteiger partial charge in [-0.1, -0.05) is 43.8 Å². The van der Waals surface area contributed by atoms with Gasteiger partial charge in [0, 0.05) is 4.88 Å². The van der Waals surface area contributed by atoms with Gasteiger partial charge >= 0.3 is 6.03 Å². The SMILES string of the molecule is Cc1ccccc1-n1c(S[C@H](C(=O)NC(N)=O)C(C)C)nc2sc3c(c2c1=O)CCCC3. The molecule has 0 saturated heterocycles. The summed E-state index contributed by atoms with van der Waals surface area (Å²) in [6.45, 7) is 5.72. The van der Waals surface area contributed by atoms with E-state index in [1.54, 1.807) is 15.9 Å². The fourth-order valence-electron chi connectivity index (χ4n) is 4.09. The van der Waals surface area contributed by atoms with Gasteiger partial charge in [0.15, 0.2) is 5.16 Å². The Kier molecular flexibility index (Phi) is 6.39. The van der Waals surface area contributed by atoms with Crippen LogP contribution in [0.1, 0.15) is 42.7 Å². The molecule has 1 aliphatic carbocycles. The first-order chi connectivity index (χ1) is 15.3. The molecule has 32 heavy (non-hydrogen) atoms. The van der Waals surface area contributed by atoms with E-state index in [1.807, 2.05) is 45.0 Å². The predicted molar refractivity (Wildman–Crippen MR) is 129 cm³/mol. The summed E-state index contributed by atoms with van der Waals surface area (Å²) in [6.07, 6.45) is 4.05. The van der Waals surface area contributed by atoms with Crippen LogP contribution in [0.15, 0.2) is 34.2 Å². The maximum atomic E-state index is 13.9. The highest BCUT2D eigenvalue weighted by molar-refractivity contribution is 8.00. The number of para-hydroxylation sites is 1. The predicted octanol–water partition coefficient (Wildman–Crippen LogP) is 3.95. The number of carbonyl (C=O) groups is 2. The van der Waals surface area contributed by atoms with Gasteiger partial charge in [-0.15, -0.1) is 11.3 Å². The number of imide groups is 1. The molecular weight excluding hydrogens is 444 g/mol. The number of amides is 3. The van der Waals surface area contributed by atoms with Gasteiger partial charge in [0.25, 0.3) is 5.56 Å². The molecule has 3 aromatic rings. The summed E-state index contributed by atoms with van der Waals surface area (Å²) in [5, 5.41) is 2.66. The molecule has 0 unspecified atom stereocenters. The van der Waals surface area contributed by atoms with Crippen LogP contribution in [0, 0.1) is 12.8 Å². The summed E-state index contributed by atoms with van der Waals surface area (Å²) >= 11 is 2.77. The maximum absolute atomic E-state index is 13.9. The van der Waals surface area contributed by atoms with E-state index in [4.69, 9.17) is 10.7 Å². The Morgan fingerprint density at radius 2 is 1.94 bits per heavy atom. The Hall–Kier alpha value is -2.65. The minimum absolute atomic E-state index is 0.107. The smallest absolute Gasteiger partial charge is 0.318 e. The molecule has 2 aromatic heterocycles. The van der Waals surface area contributed by atoms with Gasteiger partial charge in [-0.3, -0.25) is 19.5 Å². The second-order valence-corrected chi connectivity index (χ2v) is 10.5. The number of carbonyl (C=O) groups excluding carboxylic acids is 2. The van der Waals surface area contributed by atoms with E-state index in [-0.39, 0.29) is 11.5 Å². The molecule has 0 saturated carbocycles. The number of fused-ring (bicyclic) bond motifs is 3. The molecule has 2 heterocycles. The van der Waals surface area contributed by atoms with E-state index >= 15 is 0 Å². The van der Waals surface area contributed by atoms with Crippen molar-refractivity contribution in [2.75, 3.05) is 0 Å². The molecule has 9 heteroatoms. The second kappa shape index (κ2) is 9.07. The number of urea groups is 1. The van der Waals surface area contributed by atoms with Crippen molar-refractivity contribution in [3.63, 3.8) is 0 Å². The summed E-state index contributed by atoms with van der Waals surface area (Å²) < 4.78 is 1.62. The molecule has 168 valence electrons. The van der Waals surface area contributed by atoms with Crippen molar-refractivity contribution in [1.82, 2.24) is 14.9 Å². The van der Waals surface area contributed by atoms with E-state index in [2.05, 4.69) is 5.32 Å². The van der Waals surface area contributed by atoms with Crippen LogP contribution in [0.25, 0.3) is 15.9 Å². The molecule has 0 aliphatic heterocycles. The van der Waals surface area contributed by atoms with Crippen LogP contribution >= 0.6 is 23.1 Å². The first kappa shape index (κ1) is 22.5. The highest BCUT2D eigenvalue weighted by atomic mass is 32.2. The number of primary amides is 1. The number of rotatable bonds is 5. The number of benzene rings is 1. The van der Waals surface area contributed by atoms with E-state index in [9.17, 15) is 14.4 Å². The largest absolute Gasteiger partial charge is 0.351 e.